The Bertz CT molecular complexity index is 435. The van der Waals surface area contributed by atoms with E-state index in [4.69, 9.17) is 0 Å². The minimum Gasteiger partial charge on any atom is -0.370 e. The molecule has 1 rings (SSSR count). The number of unbranched alkanes of at least 4 members (excludes halogenated alkanes) is 2. The fraction of sp³-hybridized carbons (Fsp3) is 0.600. The van der Waals surface area contributed by atoms with Gasteiger partial charge in [-0.2, -0.15) is 5.26 Å². The average molecular weight is 260 g/mol. The minimum atomic E-state index is 0.650. The van der Waals surface area contributed by atoms with Gasteiger partial charge >= 0.3 is 0 Å². The number of rotatable bonds is 8. The highest BCUT2D eigenvalue weighted by Gasteiger charge is 2.09. The van der Waals surface area contributed by atoms with Gasteiger partial charge in [-0.3, -0.25) is 0 Å². The van der Waals surface area contributed by atoms with Crippen LogP contribution in [0.4, 0.5) is 11.6 Å². The molecule has 0 spiro atoms. The van der Waals surface area contributed by atoms with Crippen LogP contribution < -0.4 is 10.6 Å². The van der Waals surface area contributed by atoms with Gasteiger partial charge in [-0.05, 0) is 31.4 Å². The molecule has 0 fully saturated rings. The van der Waals surface area contributed by atoms with Crippen molar-refractivity contribution in [1.29, 1.82) is 5.26 Å². The zero-order valence-electron chi connectivity index (χ0n) is 12.2. The zero-order valence-corrected chi connectivity index (χ0v) is 12.2. The average Bonchev–Trinajstić information content (AvgIpc) is 2.39. The summed E-state index contributed by atoms with van der Waals surface area (Å²) in [6.45, 7) is 8.04. The molecule has 2 N–H and O–H groups in total. The number of pyridine rings is 1. The van der Waals surface area contributed by atoms with Crippen LogP contribution in [0.1, 0.15) is 50.7 Å². The first-order valence-corrected chi connectivity index (χ1v) is 7.12. The number of aromatic nitrogens is 1. The molecule has 0 bridgehead atoms. The van der Waals surface area contributed by atoms with Crippen LogP contribution in [-0.2, 0) is 0 Å². The van der Waals surface area contributed by atoms with Gasteiger partial charge in [-0.25, -0.2) is 4.98 Å². The van der Waals surface area contributed by atoms with Crippen LogP contribution in [0, 0.1) is 18.3 Å². The molecule has 19 heavy (non-hydrogen) atoms. The van der Waals surface area contributed by atoms with Crippen LogP contribution in [0.3, 0.4) is 0 Å². The molecule has 1 aromatic rings. The summed E-state index contributed by atoms with van der Waals surface area (Å²) in [7, 11) is 0. The predicted octanol–water partition coefficient (Wildman–Crippen LogP) is 3.69. The van der Waals surface area contributed by atoms with Crippen molar-refractivity contribution in [2.24, 2.45) is 0 Å². The van der Waals surface area contributed by atoms with E-state index >= 15 is 0 Å². The highest BCUT2D eigenvalue weighted by atomic mass is 15.1. The fourth-order valence-corrected chi connectivity index (χ4v) is 1.81. The first-order chi connectivity index (χ1) is 9.22. The Morgan fingerprint density at radius 1 is 1.16 bits per heavy atom. The van der Waals surface area contributed by atoms with Gasteiger partial charge in [0.05, 0.1) is 5.56 Å². The summed E-state index contributed by atoms with van der Waals surface area (Å²) in [5.41, 5.74) is 1.62. The Balaban J connectivity index is 2.82. The van der Waals surface area contributed by atoms with Gasteiger partial charge in [0.1, 0.15) is 17.7 Å². The van der Waals surface area contributed by atoms with E-state index in [0.29, 0.717) is 11.4 Å². The van der Waals surface area contributed by atoms with Crippen LogP contribution in [-0.4, -0.2) is 18.1 Å². The molecule has 0 saturated heterocycles. The van der Waals surface area contributed by atoms with Crippen molar-refractivity contribution in [2.45, 2.75) is 46.5 Å². The normalized spacial score (nSPS) is 10.0. The maximum Gasteiger partial charge on any atom is 0.146 e. The SMILES string of the molecule is CCCCNc1cc(C)c(C#N)c(NCCCC)n1. The van der Waals surface area contributed by atoms with Gasteiger partial charge in [0, 0.05) is 13.1 Å². The number of hydrogen-bond acceptors (Lipinski definition) is 4. The van der Waals surface area contributed by atoms with Crippen molar-refractivity contribution in [3.8, 4) is 6.07 Å². The largest absolute Gasteiger partial charge is 0.370 e. The van der Waals surface area contributed by atoms with Gasteiger partial charge < -0.3 is 10.6 Å². The Morgan fingerprint density at radius 3 is 2.37 bits per heavy atom. The van der Waals surface area contributed by atoms with Crippen LogP contribution in [0.15, 0.2) is 6.07 Å². The second kappa shape index (κ2) is 8.36. The van der Waals surface area contributed by atoms with Crippen molar-refractivity contribution in [2.75, 3.05) is 23.7 Å². The maximum atomic E-state index is 9.21. The third-order valence-corrected chi connectivity index (χ3v) is 2.99. The number of hydrogen-bond donors (Lipinski definition) is 2. The molecule has 0 atom stereocenters. The molecule has 0 aliphatic carbocycles. The Hall–Kier alpha value is -1.76. The maximum absolute atomic E-state index is 9.21. The summed E-state index contributed by atoms with van der Waals surface area (Å²) >= 11 is 0. The van der Waals surface area contributed by atoms with Gasteiger partial charge in [0.15, 0.2) is 0 Å². The molecule has 104 valence electrons. The van der Waals surface area contributed by atoms with E-state index in [9.17, 15) is 5.26 Å². The summed E-state index contributed by atoms with van der Waals surface area (Å²) in [6, 6.07) is 4.18. The number of anilines is 2. The van der Waals surface area contributed by atoms with E-state index in [1.54, 1.807) is 0 Å². The lowest BCUT2D eigenvalue weighted by molar-refractivity contribution is 0.825. The highest BCUT2D eigenvalue weighted by molar-refractivity contribution is 5.60. The lowest BCUT2D eigenvalue weighted by atomic mass is 10.1. The summed E-state index contributed by atoms with van der Waals surface area (Å²) in [5, 5.41) is 15.8. The molecule has 0 aliphatic rings. The molecule has 0 amide bonds. The summed E-state index contributed by atoms with van der Waals surface area (Å²) in [6.07, 6.45) is 4.49. The molecule has 0 aliphatic heterocycles. The standard InChI is InChI=1S/C15H24N4/c1-4-6-8-17-14-10-12(3)13(11-16)15(19-14)18-9-7-5-2/h10H,4-9H2,1-3H3,(H2,17,18,19). The van der Waals surface area contributed by atoms with Crippen LogP contribution in [0.5, 0.6) is 0 Å². The second-order valence-corrected chi connectivity index (χ2v) is 4.72. The Labute approximate surface area is 116 Å². The summed E-state index contributed by atoms with van der Waals surface area (Å²) in [5.74, 6) is 1.55. The van der Waals surface area contributed by atoms with E-state index in [1.165, 1.54) is 0 Å². The molecule has 1 aromatic heterocycles. The summed E-state index contributed by atoms with van der Waals surface area (Å²) in [4.78, 5) is 4.50. The summed E-state index contributed by atoms with van der Waals surface area (Å²) < 4.78 is 0. The predicted molar refractivity (Wildman–Crippen MR) is 80.5 cm³/mol. The highest BCUT2D eigenvalue weighted by Crippen LogP contribution is 2.20. The lowest BCUT2D eigenvalue weighted by Crippen LogP contribution is -2.09. The van der Waals surface area contributed by atoms with Crippen LogP contribution in [0.2, 0.25) is 0 Å². The molecular formula is C15H24N4. The van der Waals surface area contributed by atoms with Gasteiger partial charge in [0.25, 0.3) is 0 Å². The number of aryl methyl sites for hydroxylation is 1. The van der Waals surface area contributed by atoms with Crippen LogP contribution in [0.25, 0.3) is 0 Å². The van der Waals surface area contributed by atoms with Gasteiger partial charge in [-0.15, -0.1) is 0 Å². The zero-order chi connectivity index (χ0) is 14.1. The number of nitriles is 1. The van der Waals surface area contributed by atoms with Crippen molar-refractivity contribution < 1.29 is 0 Å². The van der Waals surface area contributed by atoms with E-state index in [1.807, 2.05) is 13.0 Å². The van der Waals surface area contributed by atoms with Gasteiger partial charge in [-0.1, -0.05) is 26.7 Å². The van der Waals surface area contributed by atoms with Crippen LogP contribution >= 0.6 is 0 Å². The molecule has 0 unspecified atom stereocenters. The fourth-order valence-electron chi connectivity index (χ4n) is 1.81. The molecular weight excluding hydrogens is 236 g/mol. The van der Waals surface area contributed by atoms with Crippen molar-refractivity contribution in [3.63, 3.8) is 0 Å². The van der Waals surface area contributed by atoms with Crippen molar-refractivity contribution in [3.05, 3.63) is 17.2 Å². The van der Waals surface area contributed by atoms with E-state index < -0.39 is 0 Å². The monoisotopic (exact) mass is 260 g/mol. The molecule has 0 radical (unpaired) electrons. The molecule has 4 nitrogen and oxygen atoms in total. The van der Waals surface area contributed by atoms with Crippen molar-refractivity contribution >= 4 is 11.6 Å². The van der Waals surface area contributed by atoms with E-state index in [0.717, 1.165) is 50.2 Å². The van der Waals surface area contributed by atoms with E-state index in [-0.39, 0.29) is 0 Å². The minimum absolute atomic E-state index is 0.650. The first kappa shape index (κ1) is 15.3. The van der Waals surface area contributed by atoms with Crippen molar-refractivity contribution in [1.82, 2.24) is 4.98 Å². The Kier molecular flexibility index (Phi) is 6.73. The molecule has 0 saturated carbocycles. The quantitative estimate of drug-likeness (QED) is 0.700. The molecule has 0 aromatic carbocycles. The number of nitrogens with zero attached hydrogens (tertiary/aromatic N) is 2. The first-order valence-electron chi connectivity index (χ1n) is 7.12. The third kappa shape index (κ3) is 4.78. The second-order valence-electron chi connectivity index (χ2n) is 4.72. The topological polar surface area (TPSA) is 60.7 Å². The van der Waals surface area contributed by atoms with Gasteiger partial charge in [0.2, 0.25) is 0 Å². The molecule has 4 heteroatoms. The third-order valence-electron chi connectivity index (χ3n) is 2.99. The smallest absolute Gasteiger partial charge is 0.146 e. The Morgan fingerprint density at radius 2 is 1.79 bits per heavy atom. The van der Waals surface area contributed by atoms with E-state index in [2.05, 4.69) is 35.5 Å². The number of nitrogens with one attached hydrogen (secondary N) is 2. The lowest BCUT2D eigenvalue weighted by Gasteiger charge is -2.12. The molecule has 1 heterocycles.